The molecule has 0 aliphatic carbocycles. The summed E-state index contributed by atoms with van der Waals surface area (Å²) in [5.41, 5.74) is 0. The molecule has 0 bridgehead atoms. The molecule has 0 saturated heterocycles. The molecule has 0 radical (unpaired) electrons. The van der Waals surface area contributed by atoms with Crippen LogP contribution in [0.1, 0.15) is 0 Å². The van der Waals surface area contributed by atoms with Crippen molar-refractivity contribution in [3.05, 3.63) is 116 Å². The number of hydrogen-bond acceptors (Lipinski definition) is 0. The molecule has 0 amide bonds. The third kappa shape index (κ3) is 3.41. The SMILES string of the molecule is Ic1ccccc1[Si](c1ccccc1)(c1ccccc1)c1ccccc1I. The van der Waals surface area contributed by atoms with Gasteiger partial charge in [0.2, 0.25) is 0 Å². The first kappa shape index (κ1) is 18.9. The fourth-order valence-corrected chi connectivity index (χ4v) is 11.9. The van der Waals surface area contributed by atoms with Crippen LogP contribution >= 0.6 is 45.2 Å². The van der Waals surface area contributed by atoms with Gasteiger partial charge in [0.25, 0.3) is 0 Å². The van der Waals surface area contributed by atoms with E-state index in [1.54, 1.807) is 0 Å². The van der Waals surface area contributed by atoms with Gasteiger partial charge < -0.3 is 0 Å². The van der Waals surface area contributed by atoms with E-state index >= 15 is 0 Å². The monoisotopic (exact) mass is 588 g/mol. The minimum absolute atomic E-state index is 1.33. The standard InChI is InChI=1S/C24H18I2Si/c25-21-15-7-9-17-23(21)27(19-11-3-1-4-12-19,20-13-5-2-6-14-20)24-18-10-8-16-22(24)26/h1-18H. The van der Waals surface area contributed by atoms with Crippen LogP contribution in [0.4, 0.5) is 0 Å². The van der Waals surface area contributed by atoms with Crippen LogP contribution in [0, 0.1) is 7.14 Å². The van der Waals surface area contributed by atoms with Crippen molar-refractivity contribution in [1.82, 2.24) is 0 Å². The quantitative estimate of drug-likeness (QED) is 0.190. The van der Waals surface area contributed by atoms with Crippen molar-refractivity contribution >= 4 is 74.0 Å². The van der Waals surface area contributed by atoms with Crippen molar-refractivity contribution in [3.8, 4) is 0 Å². The van der Waals surface area contributed by atoms with Gasteiger partial charge in [0.1, 0.15) is 0 Å². The summed E-state index contributed by atoms with van der Waals surface area (Å²) in [5.74, 6) is 0. The highest BCUT2D eigenvalue weighted by Crippen LogP contribution is 2.16. The molecule has 0 fully saturated rings. The van der Waals surface area contributed by atoms with Crippen LogP contribution in [-0.2, 0) is 0 Å². The van der Waals surface area contributed by atoms with Crippen molar-refractivity contribution in [3.63, 3.8) is 0 Å². The Morgan fingerprint density at radius 1 is 0.407 bits per heavy atom. The third-order valence-corrected chi connectivity index (χ3v) is 12.8. The molecule has 0 spiro atoms. The summed E-state index contributed by atoms with van der Waals surface area (Å²) >= 11 is 5.02. The maximum absolute atomic E-state index is 2.51. The van der Waals surface area contributed by atoms with E-state index in [1.807, 2.05) is 0 Å². The Hall–Kier alpha value is -1.44. The number of benzene rings is 4. The zero-order valence-electron chi connectivity index (χ0n) is 14.6. The van der Waals surface area contributed by atoms with Crippen LogP contribution in [0.2, 0.25) is 0 Å². The van der Waals surface area contributed by atoms with Gasteiger partial charge in [-0.15, -0.1) is 0 Å². The third-order valence-electron chi connectivity index (χ3n) is 4.97. The van der Waals surface area contributed by atoms with E-state index in [4.69, 9.17) is 0 Å². The van der Waals surface area contributed by atoms with Crippen molar-refractivity contribution in [2.75, 3.05) is 0 Å². The Labute approximate surface area is 189 Å². The summed E-state index contributed by atoms with van der Waals surface area (Å²) in [7, 11) is -2.40. The molecule has 0 aliphatic heterocycles. The summed E-state index contributed by atoms with van der Waals surface area (Å²) in [4.78, 5) is 0. The van der Waals surface area contributed by atoms with Crippen LogP contribution in [0.25, 0.3) is 0 Å². The molecule has 0 aromatic heterocycles. The van der Waals surface area contributed by atoms with Crippen LogP contribution in [-0.4, -0.2) is 8.07 Å². The van der Waals surface area contributed by atoms with E-state index in [1.165, 1.54) is 27.9 Å². The largest absolute Gasteiger partial charge is 0.181 e. The van der Waals surface area contributed by atoms with Crippen molar-refractivity contribution in [1.29, 1.82) is 0 Å². The minimum Gasteiger partial charge on any atom is -0.0623 e. The highest BCUT2D eigenvalue weighted by Gasteiger charge is 2.43. The Bertz CT molecular complexity index is 959. The highest BCUT2D eigenvalue weighted by atomic mass is 127. The first-order chi connectivity index (χ1) is 13.2. The van der Waals surface area contributed by atoms with E-state index in [0.29, 0.717) is 0 Å². The van der Waals surface area contributed by atoms with Gasteiger partial charge in [-0.1, -0.05) is 97.1 Å². The first-order valence-electron chi connectivity index (χ1n) is 8.85. The molecule has 4 rings (SSSR count). The predicted molar refractivity (Wildman–Crippen MR) is 135 cm³/mol. The molecule has 27 heavy (non-hydrogen) atoms. The lowest BCUT2D eigenvalue weighted by Gasteiger charge is -2.35. The van der Waals surface area contributed by atoms with Crippen LogP contribution in [0.15, 0.2) is 109 Å². The fraction of sp³-hybridized carbons (Fsp3) is 0. The number of hydrogen-bond donors (Lipinski definition) is 0. The lowest BCUT2D eigenvalue weighted by molar-refractivity contribution is 1.62. The Morgan fingerprint density at radius 2 is 0.741 bits per heavy atom. The lowest BCUT2D eigenvalue weighted by Crippen LogP contribution is -2.76. The average Bonchev–Trinajstić information content (AvgIpc) is 2.73. The molecule has 0 unspecified atom stereocenters. The number of rotatable bonds is 4. The maximum Gasteiger partial charge on any atom is 0.181 e. The second-order valence-electron chi connectivity index (χ2n) is 6.44. The molecule has 0 heterocycles. The van der Waals surface area contributed by atoms with Crippen LogP contribution in [0.3, 0.4) is 0 Å². The zero-order valence-corrected chi connectivity index (χ0v) is 20.0. The van der Waals surface area contributed by atoms with E-state index in [0.717, 1.165) is 0 Å². The van der Waals surface area contributed by atoms with E-state index < -0.39 is 8.07 Å². The molecule has 0 nitrogen and oxygen atoms in total. The fourth-order valence-electron chi connectivity index (χ4n) is 3.84. The molecule has 0 atom stereocenters. The van der Waals surface area contributed by atoms with Gasteiger partial charge in [0, 0.05) is 7.14 Å². The maximum atomic E-state index is 2.51. The normalized spacial score (nSPS) is 11.3. The Morgan fingerprint density at radius 3 is 1.11 bits per heavy atom. The van der Waals surface area contributed by atoms with Crippen molar-refractivity contribution in [2.24, 2.45) is 0 Å². The molecule has 4 aromatic carbocycles. The smallest absolute Gasteiger partial charge is 0.0623 e. The van der Waals surface area contributed by atoms with Crippen molar-refractivity contribution in [2.45, 2.75) is 0 Å². The molecule has 4 aromatic rings. The van der Waals surface area contributed by atoms with E-state index in [9.17, 15) is 0 Å². The summed E-state index contributed by atoms with van der Waals surface area (Å²) in [6, 6.07) is 39.9. The topological polar surface area (TPSA) is 0 Å². The first-order valence-corrected chi connectivity index (χ1v) is 13.0. The highest BCUT2D eigenvalue weighted by molar-refractivity contribution is 14.1. The second kappa shape index (κ2) is 8.28. The van der Waals surface area contributed by atoms with Gasteiger partial charge in [-0.25, -0.2) is 0 Å². The summed E-state index contributed by atoms with van der Waals surface area (Å²) < 4.78 is 2.66. The van der Waals surface area contributed by atoms with Gasteiger partial charge in [0.05, 0.1) is 0 Å². The summed E-state index contributed by atoms with van der Waals surface area (Å²) in [5, 5.41) is 5.74. The van der Waals surface area contributed by atoms with Gasteiger partial charge >= 0.3 is 0 Å². The van der Waals surface area contributed by atoms with Gasteiger partial charge in [0.15, 0.2) is 8.07 Å². The van der Waals surface area contributed by atoms with Crippen molar-refractivity contribution < 1.29 is 0 Å². The van der Waals surface area contributed by atoms with E-state index in [2.05, 4.69) is 154 Å². The Kier molecular flexibility index (Phi) is 5.80. The molecular formula is C24H18I2Si. The molecule has 0 saturated carbocycles. The summed E-state index contributed by atoms with van der Waals surface area (Å²) in [6.07, 6.45) is 0. The summed E-state index contributed by atoms with van der Waals surface area (Å²) in [6.45, 7) is 0. The van der Waals surface area contributed by atoms with Crippen LogP contribution < -0.4 is 20.7 Å². The molecule has 0 N–H and O–H groups in total. The Balaban J connectivity index is 2.20. The molecule has 3 heteroatoms. The second-order valence-corrected chi connectivity index (χ2v) is 12.5. The average molecular weight is 588 g/mol. The van der Waals surface area contributed by atoms with Gasteiger partial charge in [-0.05, 0) is 78.1 Å². The molecule has 0 aliphatic rings. The molecular weight excluding hydrogens is 570 g/mol. The molecule has 132 valence electrons. The van der Waals surface area contributed by atoms with Gasteiger partial charge in [-0.2, -0.15) is 0 Å². The lowest BCUT2D eigenvalue weighted by atomic mass is 10.3. The predicted octanol–water partition coefficient (Wildman–Crippen LogP) is 4.27. The van der Waals surface area contributed by atoms with Gasteiger partial charge in [-0.3, -0.25) is 0 Å². The van der Waals surface area contributed by atoms with Crippen LogP contribution in [0.5, 0.6) is 0 Å². The van der Waals surface area contributed by atoms with E-state index in [-0.39, 0.29) is 0 Å². The minimum atomic E-state index is -2.40. The number of halogens is 2. The zero-order chi connectivity index (χ0) is 18.7.